The van der Waals surface area contributed by atoms with Crippen LogP contribution in [0.15, 0.2) is 12.2 Å². The van der Waals surface area contributed by atoms with Crippen LogP contribution in [0.4, 0.5) is 0 Å². The summed E-state index contributed by atoms with van der Waals surface area (Å²) >= 11 is 0. The summed E-state index contributed by atoms with van der Waals surface area (Å²) in [6.45, 7) is 0. The van der Waals surface area contributed by atoms with Crippen molar-refractivity contribution in [1.29, 1.82) is 0 Å². The minimum atomic E-state index is 0.337. The second-order valence-corrected chi connectivity index (χ2v) is 6.71. The topological polar surface area (TPSA) is 17.1 Å². The smallest absolute Gasteiger partial charge is 0.155 e. The van der Waals surface area contributed by atoms with Gasteiger partial charge in [-0.15, -0.1) is 0 Å². The van der Waals surface area contributed by atoms with Gasteiger partial charge < -0.3 is 0 Å². The van der Waals surface area contributed by atoms with Crippen LogP contribution >= 0.6 is 0 Å². The lowest BCUT2D eigenvalue weighted by Crippen LogP contribution is -1.92. The van der Waals surface area contributed by atoms with E-state index in [-0.39, 0.29) is 0 Å². The molecule has 122 valence electrons. The molecule has 0 aliphatic heterocycles. The van der Waals surface area contributed by atoms with Gasteiger partial charge in [0.2, 0.25) is 0 Å². The van der Waals surface area contributed by atoms with Gasteiger partial charge in [0.1, 0.15) is 0 Å². The maximum absolute atomic E-state index is 11.7. The van der Waals surface area contributed by atoms with Crippen LogP contribution in [0.25, 0.3) is 0 Å². The Bertz CT molecular complexity index is 267. The number of carbonyl (C=O) groups is 1. The van der Waals surface area contributed by atoms with Crippen molar-refractivity contribution in [1.82, 2.24) is 0 Å². The molecule has 1 rings (SSSR count). The summed E-state index contributed by atoms with van der Waals surface area (Å²) < 4.78 is 0. The minimum Gasteiger partial charge on any atom is -0.295 e. The van der Waals surface area contributed by atoms with E-state index >= 15 is 0 Å². The number of hydrogen-bond acceptors (Lipinski definition) is 1. The van der Waals surface area contributed by atoms with Gasteiger partial charge in [0.15, 0.2) is 5.78 Å². The zero-order valence-corrected chi connectivity index (χ0v) is 14.1. The third-order valence-corrected chi connectivity index (χ3v) is 4.60. The Kier molecular flexibility index (Phi) is 12.6. The zero-order chi connectivity index (χ0) is 15.0. The number of hydrogen-bond donors (Lipinski definition) is 0. The van der Waals surface area contributed by atoms with Crippen molar-refractivity contribution in [2.75, 3.05) is 0 Å². The van der Waals surface area contributed by atoms with Gasteiger partial charge in [-0.25, -0.2) is 0 Å². The molecule has 0 radical (unpaired) electrons. The van der Waals surface area contributed by atoms with Gasteiger partial charge in [-0.05, 0) is 25.3 Å². The Hall–Kier alpha value is -0.590. The van der Waals surface area contributed by atoms with Crippen LogP contribution < -0.4 is 0 Å². The van der Waals surface area contributed by atoms with Gasteiger partial charge >= 0.3 is 0 Å². The average Bonchev–Trinajstić information content (AvgIpc) is 2.48. The van der Waals surface area contributed by atoms with E-state index in [1.807, 2.05) is 6.08 Å². The summed E-state index contributed by atoms with van der Waals surface area (Å²) in [6.07, 6.45) is 26.2. The first-order valence-electron chi connectivity index (χ1n) is 9.59. The van der Waals surface area contributed by atoms with Gasteiger partial charge in [-0.3, -0.25) is 4.79 Å². The molecular weight excluding hydrogens is 256 g/mol. The van der Waals surface area contributed by atoms with E-state index in [0.29, 0.717) is 5.78 Å². The van der Waals surface area contributed by atoms with E-state index in [1.54, 1.807) is 0 Å². The van der Waals surface area contributed by atoms with Gasteiger partial charge in [0, 0.05) is 6.42 Å². The Labute approximate surface area is 132 Å². The van der Waals surface area contributed by atoms with Crippen LogP contribution in [-0.2, 0) is 4.79 Å². The van der Waals surface area contributed by atoms with Crippen LogP contribution in [0.1, 0.15) is 109 Å². The van der Waals surface area contributed by atoms with Gasteiger partial charge in [0.25, 0.3) is 0 Å². The Morgan fingerprint density at radius 1 is 0.524 bits per heavy atom. The molecule has 0 unspecified atom stereocenters. The van der Waals surface area contributed by atoms with Crippen molar-refractivity contribution >= 4 is 5.78 Å². The van der Waals surface area contributed by atoms with E-state index in [9.17, 15) is 4.79 Å². The molecule has 0 saturated carbocycles. The van der Waals surface area contributed by atoms with Crippen molar-refractivity contribution in [3.05, 3.63) is 12.2 Å². The Morgan fingerprint density at radius 3 is 1.38 bits per heavy atom. The van der Waals surface area contributed by atoms with Crippen molar-refractivity contribution in [2.45, 2.75) is 109 Å². The van der Waals surface area contributed by atoms with E-state index in [0.717, 1.165) is 19.3 Å². The number of allylic oxidation sites excluding steroid dienone is 2. The van der Waals surface area contributed by atoms with E-state index < -0.39 is 0 Å². The molecule has 0 amide bonds. The van der Waals surface area contributed by atoms with E-state index in [1.165, 1.54) is 89.9 Å². The van der Waals surface area contributed by atoms with Gasteiger partial charge in [-0.2, -0.15) is 0 Å². The molecule has 0 aromatic heterocycles. The molecule has 1 aliphatic carbocycles. The van der Waals surface area contributed by atoms with Crippen molar-refractivity contribution in [3.8, 4) is 0 Å². The summed E-state index contributed by atoms with van der Waals surface area (Å²) in [5, 5.41) is 0. The summed E-state index contributed by atoms with van der Waals surface area (Å²) in [5.74, 6) is 0.337. The number of rotatable bonds is 0. The maximum atomic E-state index is 11.7. The molecule has 0 aromatic rings. The monoisotopic (exact) mass is 292 g/mol. The molecule has 1 heteroatoms. The lowest BCUT2D eigenvalue weighted by atomic mass is 10.0. The van der Waals surface area contributed by atoms with Crippen molar-refractivity contribution in [2.24, 2.45) is 0 Å². The molecule has 0 saturated heterocycles. The minimum absolute atomic E-state index is 0.337. The molecular formula is C20H36O. The highest BCUT2D eigenvalue weighted by atomic mass is 16.1. The van der Waals surface area contributed by atoms with Gasteiger partial charge in [0.05, 0.1) is 0 Å². The molecule has 0 spiro atoms. The summed E-state index contributed by atoms with van der Waals surface area (Å²) in [7, 11) is 0. The predicted octanol–water partition coefficient (Wildman–Crippen LogP) is 6.76. The second kappa shape index (κ2) is 14.4. The van der Waals surface area contributed by atoms with Crippen LogP contribution in [-0.4, -0.2) is 5.78 Å². The molecule has 0 aromatic carbocycles. The van der Waals surface area contributed by atoms with Crippen molar-refractivity contribution in [3.63, 3.8) is 0 Å². The fraction of sp³-hybridized carbons (Fsp3) is 0.850. The molecule has 1 aliphatic rings. The van der Waals surface area contributed by atoms with Gasteiger partial charge in [-0.1, -0.05) is 89.5 Å². The first-order valence-corrected chi connectivity index (χ1v) is 9.59. The molecule has 0 bridgehead atoms. The SMILES string of the molecule is O=C1/C=C\CCCCCCCCCCCCCCCCC1. The zero-order valence-electron chi connectivity index (χ0n) is 14.1. The molecule has 1 nitrogen and oxygen atoms in total. The largest absolute Gasteiger partial charge is 0.295 e. The van der Waals surface area contributed by atoms with Crippen LogP contribution in [0.2, 0.25) is 0 Å². The fourth-order valence-corrected chi connectivity index (χ4v) is 3.16. The number of ketones is 1. The maximum Gasteiger partial charge on any atom is 0.155 e. The lowest BCUT2D eigenvalue weighted by Gasteiger charge is -2.04. The van der Waals surface area contributed by atoms with Crippen LogP contribution in [0.5, 0.6) is 0 Å². The van der Waals surface area contributed by atoms with Crippen LogP contribution in [0.3, 0.4) is 0 Å². The first-order chi connectivity index (χ1) is 10.4. The Morgan fingerprint density at radius 2 is 0.905 bits per heavy atom. The predicted molar refractivity (Wildman–Crippen MR) is 92.6 cm³/mol. The first kappa shape index (κ1) is 18.5. The highest BCUT2D eigenvalue weighted by Gasteiger charge is 1.98. The Balaban J connectivity index is 2.16. The normalized spacial score (nSPS) is 24.3. The fourth-order valence-electron chi connectivity index (χ4n) is 3.16. The molecule has 21 heavy (non-hydrogen) atoms. The van der Waals surface area contributed by atoms with E-state index in [2.05, 4.69) is 6.08 Å². The average molecular weight is 293 g/mol. The highest BCUT2D eigenvalue weighted by molar-refractivity contribution is 5.89. The molecule has 0 N–H and O–H groups in total. The second-order valence-electron chi connectivity index (χ2n) is 6.71. The quantitative estimate of drug-likeness (QED) is 0.482. The van der Waals surface area contributed by atoms with Crippen LogP contribution in [0, 0.1) is 0 Å². The standard InChI is InChI=1S/C20H36O/c21-20-18-16-14-12-10-8-6-4-2-1-3-5-7-9-11-13-15-17-19-20/h16,18H,1-15,17,19H2/b18-16-. The van der Waals surface area contributed by atoms with E-state index in [4.69, 9.17) is 0 Å². The molecule has 0 atom stereocenters. The third-order valence-electron chi connectivity index (χ3n) is 4.60. The lowest BCUT2D eigenvalue weighted by molar-refractivity contribution is -0.114. The summed E-state index contributed by atoms with van der Waals surface area (Å²) in [5.41, 5.74) is 0. The highest BCUT2D eigenvalue weighted by Crippen LogP contribution is 2.14. The third kappa shape index (κ3) is 12.8. The molecule has 0 heterocycles. The summed E-state index contributed by atoms with van der Waals surface area (Å²) in [4.78, 5) is 11.7. The van der Waals surface area contributed by atoms with Crippen molar-refractivity contribution < 1.29 is 4.79 Å². The number of carbonyl (C=O) groups excluding carboxylic acids is 1. The molecule has 0 fully saturated rings. The summed E-state index contributed by atoms with van der Waals surface area (Å²) in [6, 6.07) is 0.